The number of carbonyl (C=O) groups excluding carboxylic acids is 1. The summed E-state index contributed by atoms with van der Waals surface area (Å²) in [5, 5.41) is 4.32. The minimum atomic E-state index is -4.14. The first-order chi connectivity index (χ1) is 17.2. The van der Waals surface area contributed by atoms with E-state index in [0.717, 1.165) is 4.31 Å². The Hall–Kier alpha value is -3.47. The van der Waals surface area contributed by atoms with E-state index in [9.17, 15) is 13.2 Å². The molecule has 0 aromatic heterocycles. The average molecular weight is 552 g/mol. The maximum absolute atomic E-state index is 13.4. The number of hydrogen-bond acceptors (Lipinski definition) is 7. The van der Waals surface area contributed by atoms with Gasteiger partial charge in [-0.15, -0.1) is 0 Å². The largest absolute Gasteiger partial charge is 0.493 e. The van der Waals surface area contributed by atoms with Crippen LogP contribution in [0.1, 0.15) is 5.56 Å². The average Bonchev–Trinajstić information content (AvgIpc) is 2.87. The van der Waals surface area contributed by atoms with Crippen LogP contribution < -0.4 is 23.9 Å². The van der Waals surface area contributed by atoms with Crippen molar-refractivity contribution >= 4 is 51.0 Å². The third kappa shape index (κ3) is 6.20. The van der Waals surface area contributed by atoms with Crippen LogP contribution in [0.3, 0.4) is 0 Å². The van der Waals surface area contributed by atoms with Gasteiger partial charge in [-0.1, -0.05) is 41.4 Å². The minimum absolute atomic E-state index is 0.00950. The highest BCUT2D eigenvalue weighted by atomic mass is 35.5. The first-order valence-corrected chi connectivity index (χ1v) is 12.6. The first kappa shape index (κ1) is 27.1. The van der Waals surface area contributed by atoms with E-state index in [1.807, 2.05) is 0 Å². The van der Waals surface area contributed by atoms with Gasteiger partial charge in [0.25, 0.3) is 15.9 Å². The van der Waals surface area contributed by atoms with E-state index >= 15 is 0 Å². The maximum Gasteiger partial charge on any atom is 0.264 e. The third-order valence-corrected chi connectivity index (χ3v) is 7.20. The lowest BCUT2D eigenvalue weighted by molar-refractivity contribution is -0.119. The Morgan fingerprint density at radius 1 is 0.972 bits per heavy atom. The Balaban J connectivity index is 1.86. The Kier molecular flexibility index (Phi) is 9.03. The number of benzene rings is 3. The Morgan fingerprint density at radius 2 is 1.61 bits per heavy atom. The van der Waals surface area contributed by atoms with E-state index in [0.29, 0.717) is 27.8 Å². The second kappa shape index (κ2) is 12.0. The fraction of sp³-hybridized carbons (Fsp3) is 0.167. The van der Waals surface area contributed by atoms with Gasteiger partial charge in [0.05, 0.1) is 43.1 Å². The molecular formula is C24H23Cl2N3O6S. The lowest BCUT2D eigenvalue weighted by Gasteiger charge is -2.24. The number of halogens is 2. The van der Waals surface area contributed by atoms with Crippen LogP contribution in [0.5, 0.6) is 17.2 Å². The molecule has 0 saturated heterocycles. The molecule has 0 radical (unpaired) electrons. The van der Waals surface area contributed by atoms with Crippen molar-refractivity contribution in [2.45, 2.75) is 4.90 Å². The van der Waals surface area contributed by atoms with Gasteiger partial charge in [0, 0.05) is 10.6 Å². The van der Waals surface area contributed by atoms with E-state index in [4.69, 9.17) is 37.4 Å². The van der Waals surface area contributed by atoms with Crippen molar-refractivity contribution in [3.05, 3.63) is 76.3 Å². The number of rotatable bonds is 10. The summed E-state index contributed by atoms with van der Waals surface area (Å²) in [5.74, 6) is 0.510. The van der Waals surface area contributed by atoms with Crippen LogP contribution in [0.2, 0.25) is 10.0 Å². The highest BCUT2D eigenvalue weighted by Crippen LogP contribution is 2.37. The minimum Gasteiger partial charge on any atom is -0.493 e. The second-order valence-electron chi connectivity index (χ2n) is 7.17. The summed E-state index contributed by atoms with van der Waals surface area (Å²) in [6.07, 6.45) is 1.35. The monoisotopic (exact) mass is 551 g/mol. The zero-order valence-electron chi connectivity index (χ0n) is 19.6. The second-order valence-corrected chi connectivity index (χ2v) is 9.88. The molecule has 0 spiro atoms. The molecule has 1 N–H and O–H groups in total. The molecule has 0 heterocycles. The highest BCUT2D eigenvalue weighted by molar-refractivity contribution is 7.92. The van der Waals surface area contributed by atoms with E-state index in [1.54, 1.807) is 30.3 Å². The molecule has 0 fully saturated rings. The van der Waals surface area contributed by atoms with Crippen LogP contribution in [-0.2, 0) is 14.8 Å². The molecule has 12 heteroatoms. The van der Waals surface area contributed by atoms with Crippen LogP contribution in [0.4, 0.5) is 5.69 Å². The van der Waals surface area contributed by atoms with Gasteiger partial charge in [-0.25, -0.2) is 13.8 Å². The smallest absolute Gasteiger partial charge is 0.264 e. The zero-order chi connectivity index (χ0) is 26.3. The first-order valence-electron chi connectivity index (χ1n) is 10.4. The molecule has 3 rings (SSSR count). The predicted molar refractivity (Wildman–Crippen MR) is 139 cm³/mol. The number of nitrogens with zero attached hydrogens (tertiary/aromatic N) is 2. The SMILES string of the molecule is COc1cc(/C=N\NC(=O)CN(c2ccc(Cl)cc2Cl)S(=O)(=O)c2ccccc2)cc(OC)c1OC. The number of methoxy groups -OCH3 is 3. The zero-order valence-corrected chi connectivity index (χ0v) is 21.9. The van der Waals surface area contributed by atoms with Crippen LogP contribution in [0.25, 0.3) is 0 Å². The molecule has 0 aliphatic carbocycles. The van der Waals surface area contributed by atoms with Crippen LogP contribution in [0, 0.1) is 0 Å². The number of carbonyl (C=O) groups is 1. The number of ether oxygens (including phenoxy) is 3. The lowest BCUT2D eigenvalue weighted by atomic mass is 10.2. The van der Waals surface area contributed by atoms with E-state index < -0.39 is 22.5 Å². The van der Waals surface area contributed by atoms with Gasteiger partial charge in [0.1, 0.15) is 6.54 Å². The van der Waals surface area contributed by atoms with E-state index in [1.165, 1.54) is 57.9 Å². The van der Waals surface area contributed by atoms with Crippen molar-refractivity contribution in [2.24, 2.45) is 5.10 Å². The van der Waals surface area contributed by atoms with Crippen LogP contribution in [0.15, 0.2) is 70.7 Å². The molecule has 0 unspecified atom stereocenters. The summed E-state index contributed by atoms with van der Waals surface area (Å²) < 4.78 is 43.5. The molecule has 0 bridgehead atoms. The molecule has 3 aromatic carbocycles. The fourth-order valence-corrected chi connectivity index (χ4v) is 5.24. The van der Waals surface area contributed by atoms with Gasteiger partial charge in [0.15, 0.2) is 11.5 Å². The summed E-state index contributed by atoms with van der Waals surface area (Å²) >= 11 is 12.3. The molecule has 0 saturated carbocycles. The molecule has 36 heavy (non-hydrogen) atoms. The number of nitrogens with one attached hydrogen (secondary N) is 1. The van der Waals surface area contributed by atoms with Crippen molar-refractivity contribution in [3.63, 3.8) is 0 Å². The Labute approximate surface area is 219 Å². The molecule has 0 atom stereocenters. The molecule has 0 aliphatic heterocycles. The van der Waals surface area contributed by atoms with Crippen molar-refractivity contribution in [2.75, 3.05) is 32.2 Å². The summed E-state index contributed by atoms with van der Waals surface area (Å²) in [7, 11) is 0.293. The van der Waals surface area contributed by atoms with Crippen molar-refractivity contribution in [1.29, 1.82) is 0 Å². The quantitative estimate of drug-likeness (QED) is 0.296. The topological polar surface area (TPSA) is 107 Å². The number of anilines is 1. The van der Waals surface area contributed by atoms with Gasteiger partial charge < -0.3 is 14.2 Å². The third-order valence-electron chi connectivity index (χ3n) is 4.89. The predicted octanol–water partition coefficient (Wildman–Crippen LogP) is 4.36. The molecule has 1 amide bonds. The number of amides is 1. The molecule has 0 aliphatic rings. The maximum atomic E-state index is 13.4. The number of hydrogen-bond donors (Lipinski definition) is 1. The Bertz CT molecular complexity index is 1340. The van der Waals surface area contributed by atoms with Crippen molar-refractivity contribution in [3.8, 4) is 17.2 Å². The van der Waals surface area contributed by atoms with Crippen LogP contribution >= 0.6 is 23.2 Å². The van der Waals surface area contributed by atoms with Gasteiger partial charge in [0.2, 0.25) is 5.75 Å². The summed E-state index contributed by atoms with van der Waals surface area (Å²) in [5.41, 5.74) is 2.96. The van der Waals surface area contributed by atoms with Gasteiger partial charge >= 0.3 is 0 Å². The summed E-state index contributed by atoms with van der Waals surface area (Å²) in [6.45, 7) is -0.592. The van der Waals surface area contributed by atoms with E-state index in [-0.39, 0.29) is 15.6 Å². The highest BCUT2D eigenvalue weighted by Gasteiger charge is 2.28. The summed E-state index contributed by atoms with van der Waals surface area (Å²) in [6, 6.07) is 15.3. The number of hydrazone groups is 1. The van der Waals surface area contributed by atoms with Gasteiger partial charge in [-0.3, -0.25) is 9.10 Å². The summed E-state index contributed by atoms with van der Waals surface area (Å²) in [4.78, 5) is 12.7. The van der Waals surface area contributed by atoms with Crippen molar-refractivity contribution in [1.82, 2.24) is 5.43 Å². The molecule has 190 valence electrons. The van der Waals surface area contributed by atoms with Crippen molar-refractivity contribution < 1.29 is 27.4 Å². The normalized spacial score (nSPS) is 11.2. The van der Waals surface area contributed by atoms with Crippen LogP contribution in [-0.4, -0.2) is 48.4 Å². The number of sulfonamides is 1. The van der Waals surface area contributed by atoms with E-state index in [2.05, 4.69) is 10.5 Å². The Morgan fingerprint density at radius 3 is 2.17 bits per heavy atom. The van der Waals surface area contributed by atoms with Gasteiger partial charge in [-0.2, -0.15) is 5.10 Å². The lowest BCUT2D eigenvalue weighted by Crippen LogP contribution is -2.39. The standard InChI is InChI=1S/C24H23Cl2N3O6S/c1-33-21-11-16(12-22(34-2)24(21)35-3)14-27-28-23(30)15-29(20-10-9-17(25)13-19(20)26)36(31,32)18-7-5-4-6-8-18/h4-14H,15H2,1-3H3,(H,28,30)/b27-14-. The molecule has 3 aromatic rings. The molecular weight excluding hydrogens is 529 g/mol. The fourth-order valence-electron chi connectivity index (χ4n) is 3.22. The molecule has 9 nitrogen and oxygen atoms in total. The van der Waals surface area contributed by atoms with Gasteiger partial charge in [-0.05, 0) is 42.5 Å².